The number of hydrogen-bond acceptors (Lipinski definition) is 4. The summed E-state index contributed by atoms with van der Waals surface area (Å²) in [4.78, 5) is 0. The molecule has 1 atom stereocenters. The number of aliphatic hydroxyl groups is 2. The highest BCUT2D eigenvalue weighted by Crippen LogP contribution is 2.43. The summed E-state index contributed by atoms with van der Waals surface area (Å²) in [7, 11) is 0. The van der Waals surface area contributed by atoms with Crippen molar-refractivity contribution < 1.29 is 24.9 Å². The van der Waals surface area contributed by atoms with E-state index in [1.54, 1.807) is 38.4 Å². The molecule has 5 heteroatoms. The van der Waals surface area contributed by atoms with Gasteiger partial charge in [0.1, 0.15) is 17.5 Å². The summed E-state index contributed by atoms with van der Waals surface area (Å²) >= 11 is 0. The number of nitrogens with zero attached hydrogens (tertiary/aromatic N) is 1. The normalized spacial score (nSPS) is 21.7. The molecule has 1 aliphatic rings. The van der Waals surface area contributed by atoms with Crippen molar-refractivity contribution in [2.45, 2.75) is 51.9 Å². The van der Waals surface area contributed by atoms with E-state index in [0.717, 1.165) is 27.0 Å². The summed E-state index contributed by atoms with van der Waals surface area (Å²) in [6.45, 7) is 9.19. The Bertz CT molecular complexity index is 866. The van der Waals surface area contributed by atoms with Gasteiger partial charge >= 0.3 is 0 Å². The third-order valence-corrected chi connectivity index (χ3v) is 4.95. The standard InChI is InChI=1S/C21H25NO4/c1-13-6-7-15(14-8-10-22(25)11-9-14)12-16(13)17-18(23)20(2,3)26-21(4,5)19(17)24/h6-12,18,23H,1-5H3,(H-,24,25)/p+1. The average molecular weight is 356 g/mol. The van der Waals surface area contributed by atoms with Gasteiger partial charge in [0.25, 0.3) is 0 Å². The lowest BCUT2D eigenvalue weighted by Crippen LogP contribution is -2.52. The van der Waals surface area contributed by atoms with E-state index in [1.165, 1.54) is 0 Å². The lowest BCUT2D eigenvalue weighted by molar-refractivity contribution is -0.904. The van der Waals surface area contributed by atoms with Crippen LogP contribution in [0.15, 0.2) is 48.5 Å². The molecule has 0 spiro atoms. The Morgan fingerprint density at radius 3 is 2.23 bits per heavy atom. The largest absolute Gasteiger partial charge is 0.509 e. The van der Waals surface area contributed by atoms with Crippen molar-refractivity contribution >= 4 is 5.57 Å². The number of aromatic nitrogens is 1. The van der Waals surface area contributed by atoms with Gasteiger partial charge in [-0.25, -0.2) is 0 Å². The number of aryl methyl sites for hydroxylation is 1. The zero-order valence-corrected chi connectivity index (χ0v) is 15.8. The molecule has 5 nitrogen and oxygen atoms in total. The van der Waals surface area contributed by atoms with Crippen molar-refractivity contribution in [2.24, 2.45) is 0 Å². The van der Waals surface area contributed by atoms with E-state index in [1.807, 2.05) is 39.0 Å². The molecule has 138 valence electrons. The van der Waals surface area contributed by atoms with Gasteiger partial charge in [-0.05, 0) is 62.9 Å². The van der Waals surface area contributed by atoms with Crippen LogP contribution in [0.4, 0.5) is 0 Å². The number of aliphatic hydroxyl groups excluding tert-OH is 2. The van der Waals surface area contributed by atoms with Crippen LogP contribution in [0.25, 0.3) is 16.7 Å². The van der Waals surface area contributed by atoms with Gasteiger partial charge in [0.2, 0.25) is 12.4 Å². The second kappa shape index (κ2) is 6.11. The molecule has 0 saturated carbocycles. The molecule has 0 amide bonds. The van der Waals surface area contributed by atoms with Crippen molar-refractivity contribution in [1.29, 1.82) is 0 Å². The molecule has 1 aromatic carbocycles. The second-order valence-electron chi connectivity index (χ2n) is 7.88. The fourth-order valence-electron chi connectivity index (χ4n) is 3.54. The fourth-order valence-corrected chi connectivity index (χ4v) is 3.54. The summed E-state index contributed by atoms with van der Waals surface area (Å²) in [6.07, 6.45) is 2.15. The third-order valence-electron chi connectivity index (χ3n) is 4.95. The van der Waals surface area contributed by atoms with Crippen LogP contribution in [0.3, 0.4) is 0 Å². The first kappa shape index (κ1) is 18.4. The van der Waals surface area contributed by atoms with E-state index in [0.29, 0.717) is 5.57 Å². The first-order valence-corrected chi connectivity index (χ1v) is 8.67. The Hall–Kier alpha value is -2.37. The zero-order valence-electron chi connectivity index (χ0n) is 15.8. The van der Waals surface area contributed by atoms with Crippen LogP contribution < -0.4 is 4.73 Å². The van der Waals surface area contributed by atoms with E-state index < -0.39 is 17.3 Å². The number of rotatable bonds is 2. The minimum atomic E-state index is -0.958. The average Bonchev–Trinajstić information content (AvgIpc) is 2.55. The highest BCUT2D eigenvalue weighted by molar-refractivity contribution is 5.79. The van der Waals surface area contributed by atoms with E-state index >= 15 is 0 Å². The van der Waals surface area contributed by atoms with Crippen LogP contribution in [0.1, 0.15) is 38.8 Å². The molecule has 0 fully saturated rings. The maximum Gasteiger partial charge on any atom is 0.222 e. The molecule has 1 unspecified atom stereocenters. The van der Waals surface area contributed by atoms with Gasteiger partial charge in [-0.2, -0.15) is 0 Å². The molecular weight excluding hydrogens is 330 g/mol. The molecule has 0 radical (unpaired) electrons. The van der Waals surface area contributed by atoms with Crippen molar-refractivity contribution in [1.82, 2.24) is 0 Å². The number of hydrogen-bond donors (Lipinski definition) is 3. The topological polar surface area (TPSA) is 73.8 Å². The summed E-state index contributed by atoms with van der Waals surface area (Å²) in [5.74, 6) is 0.0471. The maximum atomic E-state index is 10.9. The Kier molecular flexibility index (Phi) is 4.33. The molecule has 26 heavy (non-hydrogen) atoms. The smallest absolute Gasteiger partial charge is 0.222 e. The van der Waals surface area contributed by atoms with Gasteiger partial charge in [-0.1, -0.05) is 12.1 Å². The molecule has 0 bridgehead atoms. The van der Waals surface area contributed by atoms with Crippen LogP contribution in [0.5, 0.6) is 0 Å². The van der Waals surface area contributed by atoms with Crippen molar-refractivity contribution in [3.63, 3.8) is 0 Å². The maximum absolute atomic E-state index is 10.9. The van der Waals surface area contributed by atoms with Gasteiger partial charge in [-0.15, -0.1) is 0 Å². The Morgan fingerprint density at radius 1 is 1.00 bits per heavy atom. The molecule has 1 aromatic heterocycles. The second-order valence-corrected chi connectivity index (χ2v) is 7.88. The first-order chi connectivity index (χ1) is 12.0. The summed E-state index contributed by atoms with van der Waals surface area (Å²) < 4.78 is 6.90. The van der Waals surface area contributed by atoms with Crippen LogP contribution in [0.2, 0.25) is 0 Å². The number of ether oxygens (including phenoxy) is 1. The minimum Gasteiger partial charge on any atom is -0.509 e. The molecular formula is C21H26NO4+. The van der Waals surface area contributed by atoms with Gasteiger partial charge in [0, 0.05) is 22.4 Å². The summed E-state index contributed by atoms with van der Waals surface area (Å²) in [6, 6.07) is 9.51. The van der Waals surface area contributed by atoms with E-state index in [2.05, 4.69) is 0 Å². The van der Waals surface area contributed by atoms with Crippen molar-refractivity contribution in [2.75, 3.05) is 0 Å². The Balaban J connectivity index is 2.19. The third kappa shape index (κ3) is 3.08. The van der Waals surface area contributed by atoms with Gasteiger partial charge in [0.05, 0.1) is 5.60 Å². The monoisotopic (exact) mass is 356 g/mol. The molecule has 0 saturated heterocycles. The minimum absolute atomic E-state index is 0.0471. The first-order valence-electron chi connectivity index (χ1n) is 8.67. The van der Waals surface area contributed by atoms with Crippen LogP contribution in [-0.4, -0.2) is 32.7 Å². The molecule has 1 aliphatic heterocycles. The fraction of sp³-hybridized carbons (Fsp3) is 0.381. The molecule has 0 aliphatic carbocycles. The highest BCUT2D eigenvalue weighted by atomic mass is 16.5. The quantitative estimate of drug-likeness (QED) is 0.569. The predicted octanol–water partition coefficient (Wildman–Crippen LogP) is 3.40. The molecule has 2 heterocycles. The number of benzene rings is 1. The zero-order chi connectivity index (χ0) is 19.3. The summed E-state index contributed by atoms with van der Waals surface area (Å²) in [5, 5.41) is 31.1. The van der Waals surface area contributed by atoms with E-state index in [9.17, 15) is 15.4 Å². The molecule has 3 rings (SSSR count). The Labute approximate surface area is 153 Å². The van der Waals surface area contributed by atoms with Gasteiger partial charge in [0.15, 0.2) is 0 Å². The van der Waals surface area contributed by atoms with Gasteiger partial charge in [-0.3, -0.25) is 5.21 Å². The molecule has 2 aromatic rings. The predicted molar refractivity (Wildman–Crippen MR) is 98.8 cm³/mol. The number of pyridine rings is 1. The SMILES string of the molecule is Cc1ccc(-c2cc[n+](O)cc2)cc1C1=C(O)C(C)(C)OC(C)(C)C1O. The van der Waals surface area contributed by atoms with Crippen molar-refractivity contribution in [3.8, 4) is 11.1 Å². The van der Waals surface area contributed by atoms with Crippen LogP contribution in [0, 0.1) is 6.92 Å². The van der Waals surface area contributed by atoms with Crippen molar-refractivity contribution in [3.05, 3.63) is 59.6 Å². The highest BCUT2D eigenvalue weighted by Gasteiger charge is 2.47. The lowest BCUT2D eigenvalue weighted by atomic mass is 9.80. The van der Waals surface area contributed by atoms with Crippen LogP contribution >= 0.6 is 0 Å². The van der Waals surface area contributed by atoms with Crippen LogP contribution in [-0.2, 0) is 4.74 Å². The van der Waals surface area contributed by atoms with E-state index in [4.69, 9.17) is 4.74 Å². The molecule has 3 N–H and O–H groups in total. The van der Waals surface area contributed by atoms with Gasteiger partial charge < -0.3 is 14.9 Å². The lowest BCUT2D eigenvalue weighted by Gasteiger charge is -2.45. The van der Waals surface area contributed by atoms with E-state index in [-0.39, 0.29) is 5.76 Å². The summed E-state index contributed by atoms with van der Waals surface area (Å²) in [5.41, 5.74) is 2.38. The Morgan fingerprint density at radius 2 is 1.62 bits per heavy atom.